The number of pyridine rings is 1. The van der Waals surface area contributed by atoms with Gasteiger partial charge in [-0.1, -0.05) is 11.6 Å². The first-order chi connectivity index (χ1) is 15.1. The predicted octanol–water partition coefficient (Wildman–Crippen LogP) is 3.83. The molecule has 6 nitrogen and oxygen atoms in total. The molecule has 2 amide bonds. The summed E-state index contributed by atoms with van der Waals surface area (Å²) < 4.78 is 1.89. The van der Waals surface area contributed by atoms with Crippen molar-refractivity contribution in [3.63, 3.8) is 0 Å². The van der Waals surface area contributed by atoms with Crippen LogP contribution in [0.1, 0.15) is 78.5 Å². The third-order valence-electron chi connectivity index (χ3n) is 8.17. The minimum absolute atomic E-state index is 0.0699. The molecule has 5 fully saturated rings. The molecule has 2 unspecified atom stereocenters. The van der Waals surface area contributed by atoms with Crippen LogP contribution in [0.5, 0.6) is 0 Å². The standard InChI is InChI=1S/C24H27ClN4O2/c25-22-20-11-17(13-1-2-13)10-19(14-3-4-14)29(20)26-23(22)24(31)27-5-6-28(21(30)12-27)18-8-15-7-16(15)9-18/h10-11,13-16,18H,1-9,12H2. The lowest BCUT2D eigenvalue weighted by molar-refractivity contribution is -0.137. The van der Waals surface area contributed by atoms with E-state index < -0.39 is 0 Å². The quantitative estimate of drug-likeness (QED) is 0.729. The second-order valence-electron chi connectivity index (χ2n) is 10.4. The number of hydrogen-bond acceptors (Lipinski definition) is 3. The number of fused-ring (bicyclic) bond motifs is 2. The van der Waals surface area contributed by atoms with E-state index in [-0.39, 0.29) is 18.4 Å². The summed E-state index contributed by atoms with van der Waals surface area (Å²) in [5.74, 6) is 2.68. The van der Waals surface area contributed by atoms with E-state index in [2.05, 4.69) is 17.2 Å². The van der Waals surface area contributed by atoms with Gasteiger partial charge in [0.25, 0.3) is 5.91 Å². The number of rotatable bonds is 4. The highest BCUT2D eigenvalue weighted by Crippen LogP contribution is 2.53. The molecule has 2 aromatic rings. The van der Waals surface area contributed by atoms with Crippen LogP contribution in [0.3, 0.4) is 0 Å². The molecule has 7 heteroatoms. The van der Waals surface area contributed by atoms with Crippen molar-refractivity contribution in [2.24, 2.45) is 11.8 Å². The summed E-state index contributed by atoms with van der Waals surface area (Å²) in [4.78, 5) is 29.9. The van der Waals surface area contributed by atoms with Crippen LogP contribution in [0.15, 0.2) is 12.1 Å². The lowest BCUT2D eigenvalue weighted by atomic mass is 10.1. The van der Waals surface area contributed by atoms with Crippen LogP contribution in [0, 0.1) is 11.8 Å². The van der Waals surface area contributed by atoms with Crippen molar-refractivity contribution in [3.05, 3.63) is 34.1 Å². The second-order valence-corrected chi connectivity index (χ2v) is 10.8. The maximum Gasteiger partial charge on any atom is 0.276 e. The Morgan fingerprint density at radius 3 is 2.42 bits per heavy atom. The Labute approximate surface area is 186 Å². The molecule has 2 aromatic heterocycles. The van der Waals surface area contributed by atoms with E-state index in [0.717, 1.165) is 30.2 Å². The van der Waals surface area contributed by atoms with E-state index in [4.69, 9.17) is 11.6 Å². The summed E-state index contributed by atoms with van der Waals surface area (Å²) in [6.07, 6.45) is 8.44. The zero-order valence-corrected chi connectivity index (χ0v) is 18.4. The van der Waals surface area contributed by atoms with E-state index >= 15 is 0 Å². The van der Waals surface area contributed by atoms with Crippen LogP contribution in [0.25, 0.3) is 5.52 Å². The lowest BCUT2D eigenvalue weighted by Gasteiger charge is -2.38. The monoisotopic (exact) mass is 438 g/mol. The number of carbonyl (C=O) groups is 2. The fraction of sp³-hybridized carbons (Fsp3) is 0.625. The van der Waals surface area contributed by atoms with Crippen molar-refractivity contribution in [1.82, 2.24) is 19.4 Å². The SMILES string of the molecule is O=C(c1nn2c(C3CC3)cc(C3CC3)cc2c1Cl)N1CCN(C2CC3CC3C2)C(=O)C1. The molecule has 5 aliphatic rings. The van der Waals surface area contributed by atoms with Gasteiger partial charge in [0.15, 0.2) is 5.69 Å². The average molecular weight is 439 g/mol. The van der Waals surface area contributed by atoms with Crippen molar-refractivity contribution in [1.29, 1.82) is 0 Å². The van der Waals surface area contributed by atoms with Crippen molar-refractivity contribution in [2.45, 2.75) is 62.8 Å². The molecule has 0 spiro atoms. The number of carbonyl (C=O) groups excluding carboxylic acids is 2. The van der Waals surface area contributed by atoms with E-state index in [1.54, 1.807) is 4.90 Å². The second kappa shape index (κ2) is 6.47. The fourth-order valence-corrected chi connectivity index (χ4v) is 6.21. The van der Waals surface area contributed by atoms with Gasteiger partial charge in [-0.05, 0) is 80.4 Å². The third kappa shape index (κ3) is 3.01. The third-order valence-corrected chi connectivity index (χ3v) is 8.55. The van der Waals surface area contributed by atoms with Crippen LogP contribution < -0.4 is 0 Å². The zero-order valence-electron chi connectivity index (χ0n) is 17.6. The number of amides is 2. The first-order valence-electron chi connectivity index (χ1n) is 11.9. The number of hydrogen-bond donors (Lipinski definition) is 0. The van der Waals surface area contributed by atoms with E-state index in [9.17, 15) is 9.59 Å². The van der Waals surface area contributed by atoms with Gasteiger partial charge in [-0.3, -0.25) is 9.59 Å². The van der Waals surface area contributed by atoms with Gasteiger partial charge in [0.1, 0.15) is 6.54 Å². The predicted molar refractivity (Wildman–Crippen MR) is 116 cm³/mol. The Morgan fingerprint density at radius 2 is 1.74 bits per heavy atom. The number of halogens is 1. The normalized spacial score (nSPS) is 30.2. The summed E-state index contributed by atoms with van der Waals surface area (Å²) in [7, 11) is 0. The number of piperazine rings is 1. The Kier molecular flexibility index (Phi) is 3.86. The van der Waals surface area contributed by atoms with Gasteiger partial charge < -0.3 is 9.80 Å². The molecule has 0 aromatic carbocycles. The highest BCUT2D eigenvalue weighted by molar-refractivity contribution is 6.36. The number of aromatic nitrogens is 2. The zero-order chi connectivity index (χ0) is 20.9. The highest BCUT2D eigenvalue weighted by Gasteiger charge is 2.49. The van der Waals surface area contributed by atoms with Crippen molar-refractivity contribution in [2.75, 3.05) is 19.6 Å². The van der Waals surface area contributed by atoms with Crippen LogP contribution in [0.2, 0.25) is 5.02 Å². The molecule has 162 valence electrons. The summed E-state index contributed by atoms with van der Waals surface area (Å²) in [5.41, 5.74) is 3.64. The minimum atomic E-state index is -0.217. The van der Waals surface area contributed by atoms with E-state index in [0.29, 0.717) is 41.7 Å². The van der Waals surface area contributed by atoms with Gasteiger partial charge in [0.2, 0.25) is 5.91 Å². The van der Waals surface area contributed by atoms with Crippen LogP contribution in [-0.4, -0.2) is 56.9 Å². The van der Waals surface area contributed by atoms with Crippen molar-refractivity contribution in [3.8, 4) is 0 Å². The molecule has 31 heavy (non-hydrogen) atoms. The summed E-state index contributed by atoms with van der Waals surface area (Å²) >= 11 is 6.73. The molecule has 2 atom stereocenters. The molecule has 3 heterocycles. The summed E-state index contributed by atoms with van der Waals surface area (Å²) in [6.45, 7) is 1.32. The largest absolute Gasteiger partial charge is 0.336 e. The summed E-state index contributed by atoms with van der Waals surface area (Å²) in [5, 5.41) is 5.11. The Hall–Kier alpha value is -2.08. The molecule has 0 radical (unpaired) electrons. The molecule has 1 aliphatic heterocycles. The van der Waals surface area contributed by atoms with E-state index in [1.165, 1.54) is 43.4 Å². The minimum Gasteiger partial charge on any atom is -0.336 e. The lowest BCUT2D eigenvalue weighted by Crippen LogP contribution is -2.55. The molecular formula is C24H27ClN4O2. The first kappa shape index (κ1) is 18.5. The maximum absolute atomic E-state index is 13.3. The Balaban J connectivity index is 1.16. The van der Waals surface area contributed by atoms with Gasteiger partial charge >= 0.3 is 0 Å². The molecule has 0 N–H and O–H groups in total. The van der Waals surface area contributed by atoms with Gasteiger partial charge in [-0.15, -0.1) is 0 Å². The van der Waals surface area contributed by atoms with Gasteiger partial charge in [0.05, 0.1) is 10.5 Å². The van der Waals surface area contributed by atoms with Crippen molar-refractivity contribution >= 4 is 28.9 Å². The maximum atomic E-state index is 13.3. The Bertz CT molecular complexity index is 1110. The topological polar surface area (TPSA) is 57.9 Å². The molecule has 4 saturated carbocycles. The summed E-state index contributed by atoms with van der Waals surface area (Å²) in [6, 6.07) is 4.77. The van der Waals surface area contributed by atoms with Gasteiger partial charge in [-0.2, -0.15) is 5.10 Å². The molecule has 7 rings (SSSR count). The van der Waals surface area contributed by atoms with E-state index in [1.807, 2.05) is 9.42 Å². The van der Waals surface area contributed by atoms with Crippen molar-refractivity contribution < 1.29 is 9.59 Å². The molecule has 1 saturated heterocycles. The van der Waals surface area contributed by atoms with Gasteiger partial charge in [0, 0.05) is 30.7 Å². The molecule has 0 bridgehead atoms. The molecular weight excluding hydrogens is 412 g/mol. The van der Waals surface area contributed by atoms with Crippen LogP contribution in [-0.2, 0) is 4.79 Å². The average Bonchev–Trinajstić information content (AvgIpc) is 3.67. The van der Waals surface area contributed by atoms with Crippen LogP contribution in [0.4, 0.5) is 0 Å². The van der Waals surface area contributed by atoms with Gasteiger partial charge in [-0.25, -0.2) is 4.52 Å². The molecule has 4 aliphatic carbocycles. The smallest absolute Gasteiger partial charge is 0.276 e. The fourth-order valence-electron chi connectivity index (χ4n) is 5.96. The van der Waals surface area contributed by atoms with Crippen LogP contribution >= 0.6 is 11.6 Å². The Morgan fingerprint density at radius 1 is 1.00 bits per heavy atom. The highest BCUT2D eigenvalue weighted by atomic mass is 35.5. The number of nitrogens with zero attached hydrogens (tertiary/aromatic N) is 4. The first-order valence-corrected chi connectivity index (χ1v) is 12.3.